The van der Waals surface area contributed by atoms with E-state index in [2.05, 4.69) is 63.4 Å². The van der Waals surface area contributed by atoms with Crippen molar-refractivity contribution in [1.82, 2.24) is 0 Å². The topological polar surface area (TPSA) is 9.23 Å². The molecule has 0 aliphatic heterocycles. The highest BCUT2D eigenvalue weighted by atomic mass is 29.3. The number of benzene rings is 1. The number of hydrogen-bond donors (Lipinski definition) is 0. The molecule has 1 aromatic carbocycles. The van der Waals surface area contributed by atoms with Crippen molar-refractivity contribution in [3.05, 3.63) is 30.3 Å². The van der Waals surface area contributed by atoms with Crippen LogP contribution >= 0.6 is 0 Å². The van der Waals surface area contributed by atoms with E-state index in [1.165, 1.54) is 5.19 Å². The molecule has 1 nitrogen and oxygen atoms in total. The molecule has 0 aromatic heterocycles. The fourth-order valence-electron chi connectivity index (χ4n) is 1.78. The van der Waals surface area contributed by atoms with E-state index in [0.29, 0.717) is 0 Å². The summed E-state index contributed by atoms with van der Waals surface area (Å²) in [5.41, 5.74) is 0. The minimum atomic E-state index is -1.69. The van der Waals surface area contributed by atoms with E-state index in [9.17, 15) is 0 Å². The van der Waals surface area contributed by atoms with Crippen molar-refractivity contribution in [3.8, 4) is 0 Å². The largest absolute Gasteiger partial charge is 0.416 e. The van der Waals surface area contributed by atoms with Crippen LogP contribution in [0.1, 0.15) is 6.92 Å². The van der Waals surface area contributed by atoms with E-state index in [4.69, 9.17) is 4.43 Å². The smallest absolute Gasteiger partial charge is 0.206 e. The van der Waals surface area contributed by atoms with E-state index in [1.54, 1.807) is 0 Å². The lowest BCUT2D eigenvalue weighted by atomic mass is 10.4. The third-order valence-electron chi connectivity index (χ3n) is 3.19. The van der Waals surface area contributed by atoms with Crippen molar-refractivity contribution in [2.24, 2.45) is 0 Å². The quantitative estimate of drug-likeness (QED) is 0.733. The van der Waals surface area contributed by atoms with E-state index < -0.39 is 15.4 Å². The molecule has 0 fully saturated rings. The zero-order valence-electron chi connectivity index (χ0n) is 10.5. The van der Waals surface area contributed by atoms with E-state index in [1.807, 2.05) is 0 Å². The lowest BCUT2D eigenvalue weighted by Gasteiger charge is -2.38. The molecule has 0 radical (unpaired) electrons. The normalized spacial score (nSPS) is 16.1. The molecule has 1 rings (SSSR count). The van der Waals surface area contributed by atoms with Crippen molar-refractivity contribution in [2.45, 2.75) is 33.1 Å². The Morgan fingerprint density at radius 1 is 1.00 bits per heavy atom. The summed E-state index contributed by atoms with van der Waals surface area (Å²) in [6.07, 6.45) is 0. The fraction of sp³-hybridized carbons (Fsp3) is 0.500. The third-order valence-corrected chi connectivity index (χ3v) is 18.2. The van der Waals surface area contributed by atoms with Gasteiger partial charge >= 0.3 is 0 Å². The molecule has 0 bridgehead atoms. The lowest BCUT2D eigenvalue weighted by molar-refractivity contribution is 0.346. The van der Waals surface area contributed by atoms with Crippen LogP contribution in [0.25, 0.3) is 0 Å². The highest BCUT2D eigenvalue weighted by Gasteiger charge is 2.44. The van der Waals surface area contributed by atoms with Gasteiger partial charge in [0, 0.05) is 6.61 Å². The summed E-state index contributed by atoms with van der Waals surface area (Å²) in [6, 6.07) is 10.8. The molecule has 84 valence electrons. The summed E-state index contributed by atoms with van der Waals surface area (Å²) in [6.45, 7) is 12.6. The Kier molecular flexibility index (Phi) is 3.92. The molecule has 0 N–H and O–H groups in total. The van der Waals surface area contributed by atoms with Crippen LogP contribution in [0.3, 0.4) is 0 Å². The third kappa shape index (κ3) is 2.59. The first-order valence-electron chi connectivity index (χ1n) is 5.61. The zero-order valence-corrected chi connectivity index (χ0v) is 12.5. The maximum atomic E-state index is 6.18. The second-order valence-electron chi connectivity index (χ2n) is 5.08. The van der Waals surface area contributed by atoms with Gasteiger partial charge in [0.25, 0.3) is 0 Å². The van der Waals surface area contributed by atoms with Crippen molar-refractivity contribution in [2.75, 3.05) is 6.61 Å². The SMILES string of the molecule is CCO[Si](C)(c1ccccc1)[Si](C)(C)C. The number of rotatable bonds is 4. The molecule has 0 saturated heterocycles. The summed E-state index contributed by atoms with van der Waals surface area (Å²) in [5, 5.41) is 1.45. The van der Waals surface area contributed by atoms with Crippen LogP contribution in [0.5, 0.6) is 0 Å². The maximum Gasteiger partial charge on any atom is 0.206 e. The monoisotopic (exact) mass is 238 g/mol. The van der Waals surface area contributed by atoms with Crippen LogP contribution in [-0.4, -0.2) is 22.0 Å². The van der Waals surface area contributed by atoms with Crippen LogP contribution < -0.4 is 5.19 Å². The van der Waals surface area contributed by atoms with Gasteiger partial charge < -0.3 is 4.43 Å². The summed E-state index contributed by atoms with van der Waals surface area (Å²) in [4.78, 5) is 0. The fourth-order valence-corrected chi connectivity index (χ4v) is 9.48. The highest BCUT2D eigenvalue weighted by molar-refractivity contribution is 7.43. The Morgan fingerprint density at radius 2 is 1.53 bits per heavy atom. The zero-order chi connectivity index (χ0) is 11.5. The van der Waals surface area contributed by atoms with Gasteiger partial charge in [0.15, 0.2) is 0 Å². The minimum Gasteiger partial charge on any atom is -0.416 e. The lowest BCUT2D eigenvalue weighted by Crippen LogP contribution is -2.65. The second kappa shape index (κ2) is 4.64. The van der Waals surface area contributed by atoms with Crippen molar-refractivity contribution in [3.63, 3.8) is 0 Å². The summed E-state index contributed by atoms with van der Waals surface area (Å²) in [7, 11) is -2.94. The Labute approximate surface area is 95.4 Å². The van der Waals surface area contributed by atoms with Crippen LogP contribution in [0.15, 0.2) is 30.3 Å². The predicted molar refractivity (Wildman–Crippen MR) is 72.7 cm³/mol. The molecule has 0 spiro atoms. The van der Waals surface area contributed by atoms with E-state index in [-0.39, 0.29) is 0 Å². The molecule has 0 aliphatic rings. The van der Waals surface area contributed by atoms with Crippen LogP contribution in [0, 0.1) is 0 Å². The predicted octanol–water partition coefficient (Wildman–Crippen LogP) is 2.92. The van der Waals surface area contributed by atoms with Gasteiger partial charge in [-0.3, -0.25) is 0 Å². The highest BCUT2D eigenvalue weighted by Crippen LogP contribution is 2.20. The molecule has 1 aromatic rings. The molecule has 1 atom stereocenters. The minimum absolute atomic E-state index is 0.835. The molecule has 15 heavy (non-hydrogen) atoms. The van der Waals surface area contributed by atoms with E-state index >= 15 is 0 Å². The average molecular weight is 238 g/mol. The Hall–Kier alpha value is -0.386. The molecule has 0 aliphatic carbocycles. The van der Waals surface area contributed by atoms with Crippen LogP contribution in [-0.2, 0) is 4.43 Å². The van der Waals surface area contributed by atoms with Crippen LogP contribution in [0.4, 0.5) is 0 Å². The Balaban J connectivity index is 3.13. The average Bonchev–Trinajstić information content (AvgIpc) is 2.18. The molecule has 3 heteroatoms. The van der Waals surface area contributed by atoms with Gasteiger partial charge in [-0.1, -0.05) is 50.0 Å². The van der Waals surface area contributed by atoms with Gasteiger partial charge in [-0.15, -0.1) is 0 Å². The van der Waals surface area contributed by atoms with Gasteiger partial charge in [0.2, 0.25) is 7.83 Å². The molecule has 0 saturated carbocycles. The molecule has 0 heterocycles. The molecule has 0 amide bonds. The van der Waals surface area contributed by atoms with Crippen molar-refractivity contribution >= 4 is 20.6 Å². The second-order valence-corrected chi connectivity index (χ2v) is 19.9. The first-order chi connectivity index (χ1) is 6.92. The van der Waals surface area contributed by atoms with Crippen LogP contribution in [0.2, 0.25) is 26.2 Å². The maximum absolute atomic E-state index is 6.18. The first kappa shape index (κ1) is 12.7. The van der Waals surface area contributed by atoms with Gasteiger partial charge in [-0.25, -0.2) is 0 Å². The van der Waals surface area contributed by atoms with Gasteiger partial charge in [0.1, 0.15) is 0 Å². The molecular weight excluding hydrogens is 216 g/mol. The Morgan fingerprint density at radius 3 is 1.93 bits per heavy atom. The van der Waals surface area contributed by atoms with E-state index in [0.717, 1.165) is 6.61 Å². The summed E-state index contributed by atoms with van der Waals surface area (Å²) >= 11 is 0. The number of hydrogen-bond acceptors (Lipinski definition) is 1. The van der Waals surface area contributed by atoms with Crippen molar-refractivity contribution in [1.29, 1.82) is 0 Å². The van der Waals surface area contributed by atoms with Gasteiger partial charge in [-0.2, -0.15) is 0 Å². The van der Waals surface area contributed by atoms with Gasteiger partial charge in [0.05, 0.1) is 7.59 Å². The Bertz CT molecular complexity index is 305. The molecule has 1 unspecified atom stereocenters. The summed E-state index contributed by atoms with van der Waals surface area (Å²) < 4.78 is 6.18. The summed E-state index contributed by atoms with van der Waals surface area (Å²) in [5.74, 6) is 0. The molecular formula is C12H22OSi2. The van der Waals surface area contributed by atoms with Crippen molar-refractivity contribution < 1.29 is 4.43 Å². The van der Waals surface area contributed by atoms with Gasteiger partial charge in [-0.05, 0) is 18.7 Å². The first-order valence-corrected chi connectivity index (χ1v) is 12.5. The standard InChI is InChI=1S/C12H22OSi2/c1-6-13-15(5,14(2,3)4)12-10-8-7-9-11-12/h7-11H,6H2,1-5H3.